The first kappa shape index (κ1) is 13.8. The summed E-state index contributed by atoms with van der Waals surface area (Å²) in [7, 11) is 3.71. The van der Waals surface area contributed by atoms with Crippen molar-refractivity contribution < 1.29 is 4.74 Å². The largest absolute Gasteiger partial charge is 0.383 e. The van der Waals surface area contributed by atoms with E-state index >= 15 is 0 Å². The number of hydrogen-bond acceptors (Lipinski definition) is 5. The number of nitrogens with one attached hydrogen (secondary N) is 1. The molecule has 1 heterocycles. The Morgan fingerprint density at radius 2 is 2.39 bits per heavy atom. The summed E-state index contributed by atoms with van der Waals surface area (Å²) >= 11 is 1.74. The van der Waals surface area contributed by atoms with E-state index in [0.29, 0.717) is 6.04 Å². The fourth-order valence-electron chi connectivity index (χ4n) is 2.19. The van der Waals surface area contributed by atoms with Gasteiger partial charge < -0.3 is 15.0 Å². The number of nitrogens with zero attached hydrogens (tertiary/aromatic N) is 2. The van der Waals surface area contributed by atoms with Gasteiger partial charge in [0, 0.05) is 31.6 Å². The van der Waals surface area contributed by atoms with E-state index in [1.165, 1.54) is 12.8 Å². The number of hydrogen-bond donors (Lipinski definition) is 1. The van der Waals surface area contributed by atoms with Crippen LogP contribution < -0.4 is 10.2 Å². The lowest BCUT2D eigenvalue weighted by Gasteiger charge is -2.28. The molecule has 0 radical (unpaired) electrons. The minimum Gasteiger partial charge on any atom is -0.383 e. The zero-order valence-electron chi connectivity index (χ0n) is 11.5. The third kappa shape index (κ3) is 3.43. The van der Waals surface area contributed by atoms with Gasteiger partial charge in [-0.2, -0.15) is 0 Å². The molecule has 1 aliphatic rings. The first-order valence-corrected chi connectivity index (χ1v) is 7.48. The fraction of sp³-hybridized carbons (Fsp3) is 0.769. The maximum Gasteiger partial charge on any atom is 0.185 e. The highest BCUT2D eigenvalue weighted by Gasteiger charge is 2.33. The van der Waals surface area contributed by atoms with Gasteiger partial charge in [-0.1, -0.05) is 0 Å². The Morgan fingerprint density at radius 3 is 3.00 bits per heavy atom. The van der Waals surface area contributed by atoms with E-state index < -0.39 is 0 Å². The average molecular weight is 269 g/mol. The molecule has 0 aromatic carbocycles. The van der Waals surface area contributed by atoms with Gasteiger partial charge in [-0.3, -0.25) is 0 Å². The molecule has 1 aromatic rings. The standard InChI is InChI=1S/C13H23N3OS/c1-10(11-4-5-11)16(6-7-17-3)13-15-12(8-14-2)9-18-13/h9-11,14H,4-8H2,1-3H3. The summed E-state index contributed by atoms with van der Waals surface area (Å²) in [5, 5.41) is 6.42. The molecule has 5 heteroatoms. The Balaban J connectivity index is 2.05. The van der Waals surface area contributed by atoms with Crippen LogP contribution in [0.2, 0.25) is 0 Å². The predicted octanol–water partition coefficient (Wildman–Crippen LogP) is 2.11. The minimum absolute atomic E-state index is 0.578. The second kappa shape index (κ2) is 6.50. The summed E-state index contributed by atoms with van der Waals surface area (Å²) in [6, 6.07) is 0.578. The Kier molecular flexibility index (Phi) is 4.97. The molecular weight excluding hydrogens is 246 g/mol. The molecular formula is C13H23N3OS. The molecule has 1 atom stereocenters. The zero-order chi connectivity index (χ0) is 13.0. The Labute approximate surface area is 113 Å². The van der Waals surface area contributed by atoms with Crippen LogP contribution in [0.4, 0.5) is 5.13 Å². The van der Waals surface area contributed by atoms with E-state index in [0.717, 1.165) is 36.4 Å². The number of aromatic nitrogens is 1. The van der Waals surface area contributed by atoms with E-state index in [9.17, 15) is 0 Å². The van der Waals surface area contributed by atoms with Crippen LogP contribution in [-0.2, 0) is 11.3 Å². The maximum absolute atomic E-state index is 5.22. The van der Waals surface area contributed by atoms with Gasteiger partial charge >= 0.3 is 0 Å². The van der Waals surface area contributed by atoms with Crippen LogP contribution in [0, 0.1) is 5.92 Å². The summed E-state index contributed by atoms with van der Waals surface area (Å²) < 4.78 is 5.22. The van der Waals surface area contributed by atoms with Gasteiger partial charge in [0.2, 0.25) is 0 Å². The van der Waals surface area contributed by atoms with Crippen LogP contribution in [0.15, 0.2) is 5.38 Å². The van der Waals surface area contributed by atoms with E-state index in [2.05, 4.69) is 22.5 Å². The van der Waals surface area contributed by atoms with Gasteiger partial charge in [0.25, 0.3) is 0 Å². The lowest BCUT2D eigenvalue weighted by molar-refractivity contribution is 0.202. The molecule has 102 valence electrons. The highest BCUT2D eigenvalue weighted by molar-refractivity contribution is 7.13. The van der Waals surface area contributed by atoms with Crippen LogP contribution in [-0.4, -0.2) is 38.3 Å². The van der Waals surface area contributed by atoms with Gasteiger partial charge in [0.1, 0.15) is 0 Å². The van der Waals surface area contributed by atoms with Crippen LogP contribution in [0.25, 0.3) is 0 Å². The third-order valence-corrected chi connectivity index (χ3v) is 4.40. The van der Waals surface area contributed by atoms with Crippen LogP contribution in [0.5, 0.6) is 0 Å². The smallest absolute Gasteiger partial charge is 0.185 e. The molecule has 2 rings (SSSR count). The number of methoxy groups -OCH3 is 1. The van der Waals surface area contributed by atoms with Crippen molar-refractivity contribution in [2.45, 2.75) is 32.4 Å². The summed E-state index contributed by atoms with van der Waals surface area (Å²) in [4.78, 5) is 7.12. The van der Waals surface area contributed by atoms with Gasteiger partial charge in [-0.15, -0.1) is 11.3 Å². The van der Waals surface area contributed by atoms with Crippen molar-refractivity contribution in [1.82, 2.24) is 10.3 Å². The van der Waals surface area contributed by atoms with Crippen molar-refractivity contribution in [3.8, 4) is 0 Å². The molecule has 0 amide bonds. The number of anilines is 1. The molecule has 1 fully saturated rings. The van der Waals surface area contributed by atoms with Crippen LogP contribution >= 0.6 is 11.3 Å². The number of rotatable bonds is 8. The first-order chi connectivity index (χ1) is 8.76. The zero-order valence-corrected chi connectivity index (χ0v) is 12.3. The summed E-state index contributed by atoms with van der Waals surface area (Å²) in [5.74, 6) is 0.846. The highest BCUT2D eigenvalue weighted by Crippen LogP contribution is 2.37. The van der Waals surface area contributed by atoms with Crippen molar-refractivity contribution in [1.29, 1.82) is 0 Å². The molecule has 1 N–H and O–H groups in total. The lowest BCUT2D eigenvalue weighted by Crippen LogP contribution is -2.37. The van der Waals surface area contributed by atoms with Crippen LogP contribution in [0.1, 0.15) is 25.5 Å². The van der Waals surface area contributed by atoms with Crippen molar-refractivity contribution in [2.75, 3.05) is 32.2 Å². The molecule has 1 aliphatic carbocycles. The monoisotopic (exact) mass is 269 g/mol. The van der Waals surface area contributed by atoms with Gasteiger partial charge in [0.15, 0.2) is 5.13 Å². The molecule has 0 bridgehead atoms. The Hall–Kier alpha value is -0.650. The molecule has 1 saturated carbocycles. The second-order valence-electron chi connectivity index (χ2n) is 4.92. The average Bonchev–Trinajstić information content (AvgIpc) is 3.12. The molecule has 0 saturated heterocycles. The van der Waals surface area contributed by atoms with E-state index in [1.807, 2.05) is 7.05 Å². The highest BCUT2D eigenvalue weighted by atomic mass is 32.1. The van der Waals surface area contributed by atoms with Gasteiger partial charge in [-0.05, 0) is 32.7 Å². The molecule has 4 nitrogen and oxygen atoms in total. The minimum atomic E-state index is 0.578. The third-order valence-electron chi connectivity index (χ3n) is 3.48. The van der Waals surface area contributed by atoms with Crippen molar-refractivity contribution >= 4 is 16.5 Å². The van der Waals surface area contributed by atoms with Gasteiger partial charge in [-0.25, -0.2) is 4.98 Å². The molecule has 1 aromatic heterocycles. The lowest BCUT2D eigenvalue weighted by atomic mass is 10.2. The first-order valence-electron chi connectivity index (χ1n) is 6.60. The topological polar surface area (TPSA) is 37.4 Å². The van der Waals surface area contributed by atoms with Gasteiger partial charge in [0.05, 0.1) is 12.3 Å². The summed E-state index contributed by atoms with van der Waals surface area (Å²) in [6.45, 7) is 4.84. The van der Waals surface area contributed by atoms with E-state index in [1.54, 1.807) is 18.4 Å². The molecule has 0 aliphatic heterocycles. The van der Waals surface area contributed by atoms with Crippen molar-refractivity contribution in [2.24, 2.45) is 5.92 Å². The quantitative estimate of drug-likeness (QED) is 0.784. The predicted molar refractivity (Wildman–Crippen MR) is 76.3 cm³/mol. The molecule has 1 unspecified atom stereocenters. The Bertz CT molecular complexity index is 365. The fourth-order valence-corrected chi connectivity index (χ4v) is 3.13. The van der Waals surface area contributed by atoms with E-state index in [4.69, 9.17) is 9.72 Å². The number of ether oxygens (including phenoxy) is 1. The maximum atomic E-state index is 5.22. The molecule has 18 heavy (non-hydrogen) atoms. The SMILES string of the molecule is CNCc1csc(N(CCOC)C(C)C2CC2)n1. The summed E-state index contributed by atoms with van der Waals surface area (Å²) in [5.41, 5.74) is 1.13. The number of thiazole rings is 1. The van der Waals surface area contributed by atoms with Crippen LogP contribution in [0.3, 0.4) is 0 Å². The normalized spacial score (nSPS) is 16.8. The Morgan fingerprint density at radius 1 is 1.61 bits per heavy atom. The summed E-state index contributed by atoms with van der Waals surface area (Å²) in [6.07, 6.45) is 2.72. The van der Waals surface area contributed by atoms with Crippen molar-refractivity contribution in [3.05, 3.63) is 11.1 Å². The second-order valence-corrected chi connectivity index (χ2v) is 5.75. The van der Waals surface area contributed by atoms with Crippen molar-refractivity contribution in [3.63, 3.8) is 0 Å². The molecule has 0 spiro atoms. The van der Waals surface area contributed by atoms with E-state index in [-0.39, 0.29) is 0 Å².